The summed E-state index contributed by atoms with van der Waals surface area (Å²) in [6.07, 6.45) is 0.933. The van der Waals surface area contributed by atoms with Crippen molar-refractivity contribution < 1.29 is 4.39 Å². The van der Waals surface area contributed by atoms with Crippen molar-refractivity contribution in [2.75, 3.05) is 18.0 Å². The number of anilines is 2. The summed E-state index contributed by atoms with van der Waals surface area (Å²) < 4.78 is 13.6. The lowest BCUT2D eigenvalue weighted by atomic mass is 10.1. The molecule has 0 fully saturated rings. The zero-order valence-electron chi connectivity index (χ0n) is 12.0. The number of halogens is 2. The van der Waals surface area contributed by atoms with Crippen molar-refractivity contribution in [3.8, 4) is 0 Å². The number of fused-ring (bicyclic) bond motifs is 1. The quantitative estimate of drug-likeness (QED) is 0.907. The van der Waals surface area contributed by atoms with Crippen molar-refractivity contribution >= 4 is 23.0 Å². The fraction of sp³-hybridized carbons (Fsp3) is 0.294. The molecule has 2 aromatic carbocycles. The monoisotopic (exact) mass is 304 g/mol. The highest BCUT2D eigenvalue weighted by molar-refractivity contribution is 6.30. The number of hydrogen-bond acceptors (Lipinski definition) is 2. The van der Waals surface area contributed by atoms with E-state index in [1.54, 1.807) is 6.07 Å². The minimum Gasteiger partial charge on any atom is -0.341 e. The van der Waals surface area contributed by atoms with Crippen LogP contribution in [0.5, 0.6) is 0 Å². The molecule has 21 heavy (non-hydrogen) atoms. The maximum atomic E-state index is 13.6. The van der Waals surface area contributed by atoms with Gasteiger partial charge in [-0.05, 0) is 48.4 Å². The van der Waals surface area contributed by atoms with Crippen LogP contribution in [0, 0.1) is 5.82 Å². The van der Waals surface area contributed by atoms with Crippen LogP contribution >= 0.6 is 11.6 Å². The third kappa shape index (κ3) is 2.89. The molecule has 0 radical (unpaired) electrons. The molecule has 0 amide bonds. The molecule has 0 aromatic heterocycles. The smallest absolute Gasteiger partial charge is 0.125 e. The Labute approximate surface area is 129 Å². The van der Waals surface area contributed by atoms with Crippen molar-refractivity contribution in [3.05, 3.63) is 58.4 Å². The molecular formula is C17H18ClFN2. The first-order valence-electron chi connectivity index (χ1n) is 7.24. The van der Waals surface area contributed by atoms with Crippen molar-refractivity contribution in [2.45, 2.75) is 19.9 Å². The third-order valence-electron chi connectivity index (χ3n) is 3.85. The van der Waals surface area contributed by atoms with Crippen LogP contribution < -0.4 is 10.2 Å². The fourth-order valence-corrected chi connectivity index (χ4v) is 2.97. The summed E-state index contributed by atoms with van der Waals surface area (Å²) in [4.78, 5) is 2.16. The zero-order chi connectivity index (χ0) is 14.8. The molecule has 1 aliphatic heterocycles. The van der Waals surface area contributed by atoms with Gasteiger partial charge in [0, 0.05) is 29.5 Å². The molecule has 1 heterocycles. The van der Waals surface area contributed by atoms with Crippen LogP contribution in [0.1, 0.15) is 18.1 Å². The summed E-state index contributed by atoms with van der Waals surface area (Å²) >= 11 is 6.17. The van der Waals surface area contributed by atoms with Crippen LogP contribution in [0.15, 0.2) is 36.4 Å². The molecule has 0 atom stereocenters. The van der Waals surface area contributed by atoms with E-state index in [4.69, 9.17) is 11.6 Å². The second kappa shape index (κ2) is 6.04. The van der Waals surface area contributed by atoms with Crippen LogP contribution in [-0.2, 0) is 13.0 Å². The van der Waals surface area contributed by atoms with Gasteiger partial charge < -0.3 is 10.2 Å². The van der Waals surface area contributed by atoms with Gasteiger partial charge in [0.25, 0.3) is 0 Å². The number of hydrogen-bond donors (Lipinski definition) is 1. The Kier molecular flexibility index (Phi) is 4.13. The van der Waals surface area contributed by atoms with Crippen molar-refractivity contribution in [3.63, 3.8) is 0 Å². The first-order chi connectivity index (χ1) is 10.2. The molecule has 0 saturated carbocycles. The summed E-state index contributed by atoms with van der Waals surface area (Å²) in [6.45, 7) is 4.63. The Balaban J connectivity index is 2.02. The Morgan fingerprint density at radius 1 is 1.19 bits per heavy atom. The maximum Gasteiger partial charge on any atom is 0.125 e. The zero-order valence-corrected chi connectivity index (χ0v) is 12.8. The van der Waals surface area contributed by atoms with Crippen molar-refractivity contribution in [2.24, 2.45) is 0 Å². The molecule has 1 aliphatic rings. The van der Waals surface area contributed by atoms with Gasteiger partial charge in [0.15, 0.2) is 0 Å². The number of nitrogens with one attached hydrogen (secondary N) is 1. The average molecular weight is 305 g/mol. The van der Waals surface area contributed by atoms with E-state index >= 15 is 0 Å². The topological polar surface area (TPSA) is 15.3 Å². The number of rotatable bonds is 4. The third-order valence-corrected chi connectivity index (χ3v) is 4.08. The molecule has 2 nitrogen and oxygen atoms in total. The first-order valence-corrected chi connectivity index (χ1v) is 7.62. The van der Waals surface area contributed by atoms with Crippen LogP contribution in [0.3, 0.4) is 0 Å². The molecule has 0 aliphatic carbocycles. The molecular weight excluding hydrogens is 287 g/mol. The Hall–Kier alpha value is -1.58. The molecule has 3 rings (SSSR count). The minimum atomic E-state index is -0.198. The fourth-order valence-electron chi connectivity index (χ4n) is 2.80. The number of nitrogens with zero attached hydrogens (tertiary/aromatic N) is 1. The van der Waals surface area contributed by atoms with E-state index in [2.05, 4.69) is 17.1 Å². The van der Waals surface area contributed by atoms with Gasteiger partial charge in [0.2, 0.25) is 0 Å². The van der Waals surface area contributed by atoms with E-state index in [9.17, 15) is 4.39 Å². The molecule has 110 valence electrons. The second-order valence-corrected chi connectivity index (χ2v) is 5.66. The van der Waals surface area contributed by atoms with Crippen LogP contribution in [0.25, 0.3) is 0 Å². The lowest BCUT2D eigenvalue weighted by Crippen LogP contribution is -2.19. The molecule has 2 aromatic rings. The van der Waals surface area contributed by atoms with E-state index in [0.29, 0.717) is 5.02 Å². The van der Waals surface area contributed by atoms with Crippen molar-refractivity contribution in [1.29, 1.82) is 0 Å². The molecule has 4 heteroatoms. The lowest BCUT2D eigenvalue weighted by molar-refractivity contribution is 0.628. The van der Waals surface area contributed by atoms with Gasteiger partial charge in [-0.1, -0.05) is 30.7 Å². The van der Waals surface area contributed by atoms with E-state index < -0.39 is 0 Å². The van der Waals surface area contributed by atoms with Crippen LogP contribution in [0.2, 0.25) is 5.02 Å². The molecule has 0 spiro atoms. The van der Waals surface area contributed by atoms with Crippen molar-refractivity contribution in [1.82, 2.24) is 5.32 Å². The van der Waals surface area contributed by atoms with Gasteiger partial charge in [-0.25, -0.2) is 4.39 Å². The van der Waals surface area contributed by atoms with E-state index in [1.807, 2.05) is 24.3 Å². The summed E-state index contributed by atoms with van der Waals surface area (Å²) in [6, 6.07) is 10.9. The molecule has 0 saturated heterocycles. The largest absolute Gasteiger partial charge is 0.341 e. The predicted molar refractivity (Wildman–Crippen MR) is 85.9 cm³/mol. The lowest BCUT2D eigenvalue weighted by Gasteiger charge is -2.23. The summed E-state index contributed by atoms with van der Waals surface area (Å²) in [7, 11) is 0. The standard InChI is InChI=1S/C17H18ClFN2/c1-2-20-11-13-3-5-14(18)9-16(13)21-8-7-12-4-6-15(19)10-17(12)21/h3-6,9-10,20H,2,7-8,11H2,1H3. The normalized spacial score (nSPS) is 13.6. The Bertz CT molecular complexity index is 657. The predicted octanol–water partition coefficient (Wildman–Crippen LogP) is 4.28. The highest BCUT2D eigenvalue weighted by atomic mass is 35.5. The first kappa shape index (κ1) is 14.4. The Morgan fingerprint density at radius 3 is 2.86 bits per heavy atom. The molecule has 1 N–H and O–H groups in total. The Morgan fingerprint density at radius 2 is 2.05 bits per heavy atom. The van der Waals surface area contributed by atoms with E-state index in [-0.39, 0.29) is 5.82 Å². The summed E-state index contributed by atoms with van der Waals surface area (Å²) in [5.74, 6) is -0.198. The minimum absolute atomic E-state index is 0.198. The highest BCUT2D eigenvalue weighted by Gasteiger charge is 2.23. The van der Waals surface area contributed by atoms with Gasteiger partial charge in [-0.15, -0.1) is 0 Å². The summed E-state index contributed by atoms with van der Waals surface area (Å²) in [5.41, 5.74) is 4.38. The highest BCUT2D eigenvalue weighted by Crippen LogP contribution is 2.37. The second-order valence-electron chi connectivity index (χ2n) is 5.23. The molecule has 0 bridgehead atoms. The maximum absolute atomic E-state index is 13.6. The van der Waals surface area contributed by atoms with E-state index in [0.717, 1.165) is 37.4 Å². The van der Waals surface area contributed by atoms with Gasteiger partial charge in [-0.2, -0.15) is 0 Å². The number of benzene rings is 2. The van der Waals surface area contributed by atoms with E-state index in [1.165, 1.54) is 17.2 Å². The van der Waals surface area contributed by atoms with Gasteiger partial charge in [0.05, 0.1) is 0 Å². The molecule has 0 unspecified atom stereocenters. The van der Waals surface area contributed by atoms with Gasteiger partial charge in [-0.3, -0.25) is 0 Å². The van der Waals surface area contributed by atoms with Gasteiger partial charge in [0.1, 0.15) is 5.82 Å². The summed E-state index contributed by atoms with van der Waals surface area (Å²) in [5, 5.41) is 4.04. The van der Waals surface area contributed by atoms with Crippen LogP contribution in [0.4, 0.5) is 15.8 Å². The SMILES string of the molecule is CCNCc1ccc(Cl)cc1N1CCc2ccc(F)cc21. The van der Waals surface area contributed by atoms with Gasteiger partial charge >= 0.3 is 0 Å². The average Bonchev–Trinajstić information content (AvgIpc) is 2.88. The van der Waals surface area contributed by atoms with Crippen LogP contribution in [-0.4, -0.2) is 13.1 Å².